The van der Waals surface area contributed by atoms with E-state index in [0.29, 0.717) is 5.96 Å². The van der Waals surface area contributed by atoms with E-state index >= 15 is 0 Å². The van der Waals surface area contributed by atoms with Crippen molar-refractivity contribution in [3.05, 3.63) is 40.3 Å². The van der Waals surface area contributed by atoms with Gasteiger partial charge in [0.1, 0.15) is 5.60 Å². The standard InChI is InChI=1S/C16H25N5OS.HI/c1-4-17-15(18-8-7-14-6-5-9-23-14)19-12-16(2,22)13-10-20-21(3)11-13;/h5-6,9-11,22H,4,7-8,12H2,1-3H3,(H2,17,18,19);1H. The summed E-state index contributed by atoms with van der Waals surface area (Å²) >= 11 is 1.76. The topological polar surface area (TPSA) is 74.5 Å². The van der Waals surface area contributed by atoms with Crippen molar-refractivity contribution < 1.29 is 5.11 Å². The molecule has 2 heterocycles. The van der Waals surface area contributed by atoms with Gasteiger partial charge in [-0.2, -0.15) is 5.10 Å². The predicted octanol–water partition coefficient (Wildman–Crippen LogP) is 2.10. The molecule has 0 spiro atoms. The number of hydrogen-bond acceptors (Lipinski definition) is 4. The monoisotopic (exact) mass is 463 g/mol. The van der Waals surface area contributed by atoms with Crippen molar-refractivity contribution in [2.75, 3.05) is 19.6 Å². The van der Waals surface area contributed by atoms with Crippen molar-refractivity contribution in [3.63, 3.8) is 0 Å². The van der Waals surface area contributed by atoms with E-state index in [-0.39, 0.29) is 30.5 Å². The summed E-state index contributed by atoms with van der Waals surface area (Å²) in [5.74, 6) is 0.716. The Balaban J connectivity index is 0.00000288. The van der Waals surface area contributed by atoms with Gasteiger partial charge in [0.15, 0.2) is 5.96 Å². The van der Waals surface area contributed by atoms with E-state index in [2.05, 4.69) is 38.2 Å². The van der Waals surface area contributed by atoms with E-state index in [1.165, 1.54) is 4.88 Å². The number of aromatic nitrogens is 2. The minimum absolute atomic E-state index is 0. The highest BCUT2D eigenvalue weighted by molar-refractivity contribution is 14.0. The largest absolute Gasteiger partial charge is 0.383 e. The van der Waals surface area contributed by atoms with Crippen molar-refractivity contribution in [3.8, 4) is 0 Å². The summed E-state index contributed by atoms with van der Waals surface area (Å²) in [7, 11) is 1.83. The summed E-state index contributed by atoms with van der Waals surface area (Å²) in [4.78, 5) is 5.84. The van der Waals surface area contributed by atoms with E-state index in [1.54, 1.807) is 29.1 Å². The highest BCUT2D eigenvalue weighted by Crippen LogP contribution is 2.19. The third kappa shape index (κ3) is 6.40. The van der Waals surface area contributed by atoms with E-state index in [0.717, 1.165) is 25.1 Å². The molecule has 2 aromatic heterocycles. The summed E-state index contributed by atoms with van der Waals surface area (Å²) in [6.45, 7) is 5.63. The van der Waals surface area contributed by atoms with Gasteiger partial charge in [0.05, 0.1) is 12.7 Å². The molecule has 0 saturated carbocycles. The average molecular weight is 463 g/mol. The lowest BCUT2D eigenvalue weighted by Crippen LogP contribution is -2.39. The molecular weight excluding hydrogens is 437 g/mol. The van der Waals surface area contributed by atoms with E-state index in [4.69, 9.17) is 0 Å². The van der Waals surface area contributed by atoms with Gasteiger partial charge in [0, 0.05) is 36.8 Å². The molecule has 0 radical (unpaired) electrons. The molecule has 6 nitrogen and oxygen atoms in total. The fraction of sp³-hybridized carbons (Fsp3) is 0.500. The summed E-state index contributed by atoms with van der Waals surface area (Å²) < 4.78 is 1.68. The van der Waals surface area contributed by atoms with Crippen molar-refractivity contribution in [1.82, 2.24) is 20.4 Å². The molecule has 8 heteroatoms. The van der Waals surface area contributed by atoms with Crippen LogP contribution in [-0.2, 0) is 19.1 Å². The van der Waals surface area contributed by atoms with E-state index in [9.17, 15) is 5.11 Å². The van der Waals surface area contributed by atoms with Gasteiger partial charge >= 0.3 is 0 Å². The van der Waals surface area contributed by atoms with Crippen LogP contribution in [0.4, 0.5) is 0 Å². The van der Waals surface area contributed by atoms with Gasteiger partial charge in [-0.05, 0) is 31.7 Å². The van der Waals surface area contributed by atoms with Crippen LogP contribution in [0.1, 0.15) is 24.3 Å². The summed E-state index contributed by atoms with van der Waals surface area (Å²) in [5, 5.41) is 23.3. The number of halogens is 1. The minimum Gasteiger partial charge on any atom is -0.383 e. The number of hydrogen-bond donors (Lipinski definition) is 3. The van der Waals surface area contributed by atoms with Gasteiger partial charge in [0.25, 0.3) is 0 Å². The van der Waals surface area contributed by atoms with Crippen molar-refractivity contribution in [2.24, 2.45) is 12.0 Å². The first kappa shape index (κ1) is 20.9. The summed E-state index contributed by atoms with van der Waals surface area (Å²) in [6.07, 6.45) is 4.44. The second kappa shape index (κ2) is 10.00. The third-order valence-electron chi connectivity index (χ3n) is 3.46. The molecule has 0 saturated heterocycles. The van der Waals surface area contributed by atoms with Gasteiger partial charge < -0.3 is 15.7 Å². The molecule has 0 aliphatic carbocycles. The maximum atomic E-state index is 10.6. The Hall–Kier alpha value is -1.13. The van der Waals surface area contributed by atoms with Gasteiger partial charge in [-0.15, -0.1) is 35.3 Å². The van der Waals surface area contributed by atoms with Crippen LogP contribution in [0.5, 0.6) is 0 Å². The highest BCUT2D eigenvalue weighted by atomic mass is 127. The zero-order valence-corrected chi connectivity index (χ0v) is 17.5. The van der Waals surface area contributed by atoms with Gasteiger partial charge in [-0.1, -0.05) is 6.07 Å². The minimum atomic E-state index is -1.04. The Bertz CT molecular complexity index is 624. The zero-order valence-electron chi connectivity index (χ0n) is 14.3. The van der Waals surface area contributed by atoms with Crippen LogP contribution in [0.15, 0.2) is 34.9 Å². The lowest BCUT2D eigenvalue weighted by Gasteiger charge is -2.20. The Morgan fingerprint density at radius 2 is 2.25 bits per heavy atom. The van der Waals surface area contributed by atoms with Crippen molar-refractivity contribution in [2.45, 2.75) is 25.9 Å². The maximum Gasteiger partial charge on any atom is 0.191 e. The number of rotatable bonds is 7. The predicted molar refractivity (Wildman–Crippen MR) is 110 cm³/mol. The normalized spacial score (nSPS) is 13.9. The van der Waals surface area contributed by atoms with Crippen molar-refractivity contribution in [1.29, 1.82) is 0 Å². The first-order valence-corrected chi connectivity index (χ1v) is 8.65. The molecule has 2 rings (SSSR count). The SMILES string of the molecule is CCNC(=NCC(C)(O)c1cnn(C)c1)NCCc1cccs1.I. The second-order valence-corrected chi connectivity index (χ2v) is 6.66. The second-order valence-electron chi connectivity index (χ2n) is 5.63. The lowest BCUT2D eigenvalue weighted by molar-refractivity contribution is 0.0672. The number of guanidine groups is 1. The zero-order chi connectivity index (χ0) is 16.7. The first-order chi connectivity index (χ1) is 11.0. The first-order valence-electron chi connectivity index (χ1n) is 7.77. The molecule has 2 aromatic rings. The van der Waals surface area contributed by atoms with Crippen LogP contribution in [0, 0.1) is 0 Å². The third-order valence-corrected chi connectivity index (χ3v) is 4.40. The fourth-order valence-electron chi connectivity index (χ4n) is 2.12. The number of aliphatic imine (C=N–C) groups is 1. The van der Waals surface area contributed by atoms with E-state index < -0.39 is 5.60 Å². The summed E-state index contributed by atoms with van der Waals surface area (Å²) in [5.41, 5.74) is -0.275. The Kier molecular flexibility index (Phi) is 8.71. The quantitative estimate of drug-likeness (QED) is 0.334. The fourth-order valence-corrected chi connectivity index (χ4v) is 2.83. The van der Waals surface area contributed by atoms with Gasteiger partial charge in [0.2, 0.25) is 0 Å². The molecule has 3 N–H and O–H groups in total. The number of aliphatic hydroxyl groups is 1. The molecular formula is C16H26IN5OS. The van der Waals surface area contributed by atoms with Crippen LogP contribution in [0.3, 0.4) is 0 Å². The number of nitrogens with one attached hydrogen (secondary N) is 2. The lowest BCUT2D eigenvalue weighted by atomic mass is 10.0. The molecule has 134 valence electrons. The molecule has 0 fully saturated rings. The number of nitrogens with zero attached hydrogens (tertiary/aromatic N) is 3. The van der Waals surface area contributed by atoms with Crippen LogP contribution >= 0.6 is 35.3 Å². The van der Waals surface area contributed by atoms with Crippen LogP contribution in [0.25, 0.3) is 0 Å². The number of aryl methyl sites for hydroxylation is 1. The average Bonchev–Trinajstić information content (AvgIpc) is 3.16. The Labute approximate surface area is 164 Å². The molecule has 24 heavy (non-hydrogen) atoms. The Morgan fingerprint density at radius 3 is 2.83 bits per heavy atom. The molecule has 0 aliphatic rings. The molecule has 0 amide bonds. The Morgan fingerprint density at radius 1 is 1.46 bits per heavy atom. The van der Waals surface area contributed by atoms with Gasteiger partial charge in [-0.25, -0.2) is 4.99 Å². The number of thiophene rings is 1. The van der Waals surface area contributed by atoms with Crippen LogP contribution in [0.2, 0.25) is 0 Å². The molecule has 0 aliphatic heterocycles. The highest BCUT2D eigenvalue weighted by Gasteiger charge is 2.24. The van der Waals surface area contributed by atoms with Crippen molar-refractivity contribution >= 4 is 41.3 Å². The smallest absolute Gasteiger partial charge is 0.191 e. The summed E-state index contributed by atoms with van der Waals surface area (Å²) in [6, 6.07) is 4.19. The molecule has 1 atom stereocenters. The van der Waals surface area contributed by atoms with Gasteiger partial charge in [-0.3, -0.25) is 4.68 Å². The maximum absolute atomic E-state index is 10.6. The molecule has 0 aromatic carbocycles. The van der Waals surface area contributed by atoms with Crippen LogP contribution in [-0.4, -0.2) is 40.5 Å². The molecule has 0 bridgehead atoms. The van der Waals surface area contributed by atoms with E-state index in [1.807, 2.05) is 20.2 Å². The van der Waals surface area contributed by atoms with Crippen LogP contribution < -0.4 is 10.6 Å². The molecule has 1 unspecified atom stereocenters.